The van der Waals surface area contributed by atoms with Crippen LogP contribution in [-0.2, 0) is 0 Å². The molecule has 1 amide bonds. The lowest BCUT2D eigenvalue weighted by Gasteiger charge is -2.04. The first-order valence-electron chi connectivity index (χ1n) is 4.39. The molecule has 0 fully saturated rings. The summed E-state index contributed by atoms with van der Waals surface area (Å²) in [5.41, 5.74) is -0.578. The number of hydrogen-bond acceptors (Lipinski definition) is 3. The number of nitrogens with zero attached hydrogens (tertiary/aromatic N) is 2. The standard InChI is InChI=1S/C9H5F3N4O/c10-4-1-6(12)7(2-5(4)11)14-9(17)8-3-13-16-15-8/h1-3H,(H,14,17)(H,13,15,16). The van der Waals surface area contributed by atoms with Crippen LogP contribution in [0.4, 0.5) is 18.9 Å². The third-order valence-corrected chi connectivity index (χ3v) is 1.91. The number of carbonyl (C=O) groups is 1. The minimum absolute atomic E-state index is 0.103. The van der Waals surface area contributed by atoms with Gasteiger partial charge in [-0.2, -0.15) is 15.4 Å². The van der Waals surface area contributed by atoms with E-state index < -0.39 is 29.0 Å². The third-order valence-electron chi connectivity index (χ3n) is 1.91. The lowest BCUT2D eigenvalue weighted by Crippen LogP contribution is -2.14. The summed E-state index contributed by atoms with van der Waals surface area (Å²) in [7, 11) is 0. The number of rotatable bonds is 2. The second-order valence-corrected chi connectivity index (χ2v) is 3.06. The molecular formula is C9H5F3N4O. The molecule has 0 saturated carbocycles. The molecule has 17 heavy (non-hydrogen) atoms. The van der Waals surface area contributed by atoms with Crippen LogP contribution in [0.5, 0.6) is 0 Å². The number of hydrogen-bond donors (Lipinski definition) is 2. The summed E-state index contributed by atoms with van der Waals surface area (Å²) in [5, 5.41) is 11.0. The first kappa shape index (κ1) is 11.1. The fourth-order valence-corrected chi connectivity index (χ4v) is 1.12. The molecule has 1 aromatic heterocycles. The van der Waals surface area contributed by atoms with Gasteiger partial charge in [-0.05, 0) is 0 Å². The number of halogens is 3. The molecule has 0 radical (unpaired) electrons. The van der Waals surface area contributed by atoms with E-state index in [9.17, 15) is 18.0 Å². The number of nitrogens with one attached hydrogen (secondary N) is 2. The first-order valence-corrected chi connectivity index (χ1v) is 4.39. The Morgan fingerprint density at radius 2 is 1.88 bits per heavy atom. The molecule has 1 heterocycles. The monoisotopic (exact) mass is 242 g/mol. The van der Waals surface area contributed by atoms with Gasteiger partial charge in [-0.1, -0.05) is 0 Å². The van der Waals surface area contributed by atoms with Gasteiger partial charge in [0.1, 0.15) is 5.82 Å². The molecular weight excluding hydrogens is 237 g/mol. The summed E-state index contributed by atoms with van der Waals surface area (Å²) in [5.74, 6) is -4.46. The molecule has 5 nitrogen and oxygen atoms in total. The van der Waals surface area contributed by atoms with E-state index in [0.717, 1.165) is 6.20 Å². The van der Waals surface area contributed by atoms with Crippen molar-refractivity contribution >= 4 is 11.6 Å². The minimum Gasteiger partial charge on any atom is -0.318 e. The van der Waals surface area contributed by atoms with Crippen LogP contribution < -0.4 is 5.32 Å². The fraction of sp³-hybridized carbons (Fsp3) is 0. The predicted octanol–water partition coefficient (Wildman–Crippen LogP) is 1.47. The number of aromatic amines is 1. The molecule has 8 heteroatoms. The van der Waals surface area contributed by atoms with Gasteiger partial charge < -0.3 is 5.32 Å². The van der Waals surface area contributed by atoms with Crippen LogP contribution in [0.15, 0.2) is 18.3 Å². The smallest absolute Gasteiger partial charge is 0.277 e. The van der Waals surface area contributed by atoms with Gasteiger partial charge in [0.25, 0.3) is 5.91 Å². The maximum absolute atomic E-state index is 13.2. The molecule has 0 aliphatic heterocycles. The Kier molecular flexibility index (Phi) is 2.77. The lowest BCUT2D eigenvalue weighted by atomic mass is 10.2. The Hall–Kier alpha value is -2.38. The minimum atomic E-state index is -1.33. The van der Waals surface area contributed by atoms with Gasteiger partial charge in [0, 0.05) is 12.1 Å². The molecule has 0 atom stereocenters. The zero-order valence-corrected chi connectivity index (χ0v) is 8.17. The van der Waals surface area contributed by atoms with E-state index in [1.807, 2.05) is 5.32 Å². The topological polar surface area (TPSA) is 70.7 Å². The summed E-state index contributed by atoms with van der Waals surface area (Å²) in [6.07, 6.45) is 1.10. The summed E-state index contributed by atoms with van der Waals surface area (Å²) in [6.45, 7) is 0. The quantitative estimate of drug-likeness (QED) is 0.783. The summed E-state index contributed by atoms with van der Waals surface area (Å²) in [4.78, 5) is 11.4. The van der Waals surface area contributed by atoms with E-state index in [1.165, 1.54) is 0 Å². The van der Waals surface area contributed by atoms with Crippen molar-refractivity contribution in [1.82, 2.24) is 15.4 Å². The van der Waals surface area contributed by atoms with Crippen molar-refractivity contribution in [3.05, 3.63) is 41.5 Å². The van der Waals surface area contributed by atoms with Crippen molar-refractivity contribution in [2.45, 2.75) is 0 Å². The molecule has 88 valence electrons. The second-order valence-electron chi connectivity index (χ2n) is 3.06. The van der Waals surface area contributed by atoms with Crippen molar-refractivity contribution in [3.63, 3.8) is 0 Å². The van der Waals surface area contributed by atoms with E-state index in [2.05, 4.69) is 15.4 Å². The van der Waals surface area contributed by atoms with Crippen LogP contribution in [0.1, 0.15) is 10.5 Å². The zero-order chi connectivity index (χ0) is 12.4. The van der Waals surface area contributed by atoms with Crippen LogP contribution in [0, 0.1) is 17.5 Å². The van der Waals surface area contributed by atoms with E-state index in [0.29, 0.717) is 12.1 Å². The van der Waals surface area contributed by atoms with Crippen LogP contribution in [0.2, 0.25) is 0 Å². The van der Waals surface area contributed by atoms with Crippen molar-refractivity contribution in [2.75, 3.05) is 5.32 Å². The highest BCUT2D eigenvalue weighted by Crippen LogP contribution is 2.18. The van der Waals surface area contributed by atoms with E-state index in [1.54, 1.807) is 0 Å². The molecule has 0 saturated heterocycles. The van der Waals surface area contributed by atoms with Crippen molar-refractivity contribution in [1.29, 1.82) is 0 Å². The van der Waals surface area contributed by atoms with Gasteiger partial charge in [-0.3, -0.25) is 4.79 Å². The molecule has 2 N–H and O–H groups in total. The molecule has 0 aliphatic rings. The average Bonchev–Trinajstić information content (AvgIpc) is 2.79. The number of amides is 1. The van der Waals surface area contributed by atoms with Crippen LogP contribution in [-0.4, -0.2) is 21.3 Å². The Morgan fingerprint density at radius 3 is 2.53 bits per heavy atom. The third kappa shape index (κ3) is 2.25. The van der Waals surface area contributed by atoms with Crippen molar-refractivity contribution in [2.24, 2.45) is 0 Å². The molecule has 2 aromatic rings. The van der Waals surface area contributed by atoms with Gasteiger partial charge >= 0.3 is 0 Å². The highest BCUT2D eigenvalue weighted by molar-refractivity contribution is 6.02. The summed E-state index contributed by atoms with van der Waals surface area (Å²) >= 11 is 0. The molecule has 0 spiro atoms. The molecule has 0 unspecified atom stereocenters. The van der Waals surface area contributed by atoms with Crippen LogP contribution >= 0.6 is 0 Å². The number of carbonyl (C=O) groups excluding carboxylic acids is 1. The molecule has 2 rings (SSSR count). The maximum atomic E-state index is 13.2. The van der Waals surface area contributed by atoms with Gasteiger partial charge in [0.2, 0.25) is 0 Å². The normalized spacial score (nSPS) is 10.3. The Morgan fingerprint density at radius 1 is 1.18 bits per heavy atom. The number of aromatic nitrogens is 3. The Balaban J connectivity index is 2.25. The lowest BCUT2D eigenvalue weighted by molar-refractivity contribution is 0.102. The van der Waals surface area contributed by atoms with E-state index in [-0.39, 0.29) is 5.69 Å². The largest absolute Gasteiger partial charge is 0.318 e. The van der Waals surface area contributed by atoms with Gasteiger partial charge in [-0.25, -0.2) is 13.2 Å². The first-order chi connectivity index (χ1) is 8.08. The van der Waals surface area contributed by atoms with E-state index >= 15 is 0 Å². The zero-order valence-electron chi connectivity index (χ0n) is 8.17. The van der Waals surface area contributed by atoms with Crippen molar-refractivity contribution in [3.8, 4) is 0 Å². The molecule has 1 aromatic carbocycles. The summed E-state index contributed by atoms with van der Waals surface area (Å²) < 4.78 is 38.6. The highest BCUT2D eigenvalue weighted by Gasteiger charge is 2.14. The maximum Gasteiger partial charge on any atom is 0.277 e. The average molecular weight is 242 g/mol. The number of H-pyrrole nitrogens is 1. The van der Waals surface area contributed by atoms with Crippen molar-refractivity contribution < 1.29 is 18.0 Å². The van der Waals surface area contributed by atoms with Crippen LogP contribution in [0.25, 0.3) is 0 Å². The molecule has 0 aliphatic carbocycles. The van der Waals surface area contributed by atoms with E-state index in [4.69, 9.17) is 0 Å². The number of benzene rings is 1. The number of anilines is 1. The Labute approximate surface area is 92.6 Å². The second kappa shape index (κ2) is 4.24. The van der Waals surface area contributed by atoms with Crippen LogP contribution in [0.3, 0.4) is 0 Å². The Bertz CT molecular complexity index is 556. The van der Waals surface area contributed by atoms with Gasteiger partial charge in [0.15, 0.2) is 17.3 Å². The van der Waals surface area contributed by atoms with Gasteiger partial charge in [0.05, 0.1) is 11.9 Å². The SMILES string of the molecule is O=C(Nc1cc(F)c(F)cc1F)c1cn[nH]n1. The molecule has 0 bridgehead atoms. The predicted molar refractivity (Wildman–Crippen MR) is 50.7 cm³/mol. The highest BCUT2D eigenvalue weighted by atomic mass is 19.2. The fourth-order valence-electron chi connectivity index (χ4n) is 1.12. The van der Waals surface area contributed by atoms with Gasteiger partial charge in [-0.15, -0.1) is 0 Å². The summed E-state index contributed by atoms with van der Waals surface area (Å²) in [6, 6.07) is 0.885.